The molecule has 2 unspecified atom stereocenters. The van der Waals surface area contributed by atoms with Crippen LogP contribution in [-0.2, 0) is 18.4 Å². The maximum atomic E-state index is 10.9. The van der Waals surface area contributed by atoms with Gasteiger partial charge in [0.2, 0.25) is 0 Å². The van der Waals surface area contributed by atoms with Gasteiger partial charge in [0.15, 0.2) is 0 Å². The van der Waals surface area contributed by atoms with E-state index in [4.69, 9.17) is 5.11 Å². The fourth-order valence-corrected chi connectivity index (χ4v) is 2.44. The van der Waals surface area contributed by atoms with Crippen LogP contribution < -0.4 is 0 Å². The summed E-state index contributed by atoms with van der Waals surface area (Å²) < 4.78 is 1.80. The normalized spacial score (nSPS) is 26.0. The van der Waals surface area contributed by atoms with Crippen LogP contribution in [0, 0.1) is 5.92 Å². The van der Waals surface area contributed by atoms with Crippen molar-refractivity contribution >= 4 is 5.97 Å². The SMILES string of the molecule is CC1CC(C(=O)O)CCN1Cc1ccn(C)n1. The van der Waals surface area contributed by atoms with Crippen LogP contribution in [0.25, 0.3) is 0 Å². The van der Waals surface area contributed by atoms with Gasteiger partial charge in [-0.15, -0.1) is 0 Å². The van der Waals surface area contributed by atoms with Crippen molar-refractivity contribution < 1.29 is 9.90 Å². The molecular formula is C12H19N3O2. The molecule has 2 atom stereocenters. The van der Waals surface area contributed by atoms with Crippen LogP contribution in [0.5, 0.6) is 0 Å². The van der Waals surface area contributed by atoms with Gasteiger partial charge in [-0.25, -0.2) is 0 Å². The molecule has 1 saturated heterocycles. The van der Waals surface area contributed by atoms with Gasteiger partial charge in [-0.05, 0) is 32.4 Å². The van der Waals surface area contributed by atoms with Gasteiger partial charge in [0, 0.05) is 25.8 Å². The maximum absolute atomic E-state index is 10.9. The van der Waals surface area contributed by atoms with E-state index in [9.17, 15) is 4.79 Å². The summed E-state index contributed by atoms with van der Waals surface area (Å²) in [7, 11) is 1.91. The molecule has 0 amide bonds. The molecule has 1 fully saturated rings. The predicted octanol–water partition coefficient (Wildman–Crippen LogP) is 1.11. The number of carbonyl (C=O) groups is 1. The molecule has 0 aliphatic carbocycles. The Hall–Kier alpha value is -1.36. The maximum Gasteiger partial charge on any atom is 0.306 e. The van der Waals surface area contributed by atoms with E-state index < -0.39 is 5.97 Å². The lowest BCUT2D eigenvalue weighted by atomic mass is 9.91. The second-order valence-electron chi connectivity index (χ2n) is 4.86. The Balaban J connectivity index is 1.93. The van der Waals surface area contributed by atoms with E-state index >= 15 is 0 Å². The summed E-state index contributed by atoms with van der Waals surface area (Å²) in [5.41, 5.74) is 1.05. The standard InChI is InChI=1S/C12H19N3O2/c1-9-7-10(12(16)17)3-6-15(9)8-11-4-5-14(2)13-11/h4-5,9-10H,3,6-8H2,1-2H3,(H,16,17). The molecule has 1 aliphatic rings. The number of piperidine rings is 1. The molecule has 1 aromatic heterocycles. The third kappa shape index (κ3) is 2.85. The van der Waals surface area contributed by atoms with Gasteiger partial charge in [-0.2, -0.15) is 5.10 Å². The Labute approximate surface area is 101 Å². The van der Waals surface area contributed by atoms with Crippen molar-refractivity contribution in [3.63, 3.8) is 0 Å². The zero-order valence-corrected chi connectivity index (χ0v) is 10.3. The first-order chi connectivity index (χ1) is 8.06. The zero-order chi connectivity index (χ0) is 12.4. The zero-order valence-electron chi connectivity index (χ0n) is 10.3. The van der Waals surface area contributed by atoms with E-state index in [0.717, 1.165) is 31.6 Å². The first-order valence-corrected chi connectivity index (χ1v) is 6.01. The lowest BCUT2D eigenvalue weighted by Crippen LogP contribution is -2.42. The predicted molar refractivity (Wildman–Crippen MR) is 63.4 cm³/mol. The van der Waals surface area contributed by atoms with Crippen LogP contribution in [0.1, 0.15) is 25.5 Å². The van der Waals surface area contributed by atoms with Crippen LogP contribution in [0.2, 0.25) is 0 Å². The molecule has 0 radical (unpaired) electrons. The summed E-state index contributed by atoms with van der Waals surface area (Å²) in [6, 6.07) is 2.32. The summed E-state index contributed by atoms with van der Waals surface area (Å²) >= 11 is 0. The van der Waals surface area contributed by atoms with Crippen molar-refractivity contribution in [1.29, 1.82) is 0 Å². The number of hydrogen-bond acceptors (Lipinski definition) is 3. The topological polar surface area (TPSA) is 58.4 Å². The largest absolute Gasteiger partial charge is 0.481 e. The highest BCUT2D eigenvalue weighted by molar-refractivity contribution is 5.70. The van der Waals surface area contributed by atoms with Crippen molar-refractivity contribution in [3.8, 4) is 0 Å². The average Bonchev–Trinajstić information content (AvgIpc) is 2.67. The van der Waals surface area contributed by atoms with Crippen molar-refractivity contribution in [2.24, 2.45) is 13.0 Å². The second-order valence-corrected chi connectivity index (χ2v) is 4.86. The van der Waals surface area contributed by atoms with Crippen molar-refractivity contribution in [3.05, 3.63) is 18.0 Å². The minimum atomic E-state index is -0.658. The molecule has 0 spiro atoms. The van der Waals surface area contributed by atoms with E-state index in [2.05, 4.69) is 16.9 Å². The highest BCUT2D eigenvalue weighted by Gasteiger charge is 2.29. The number of aryl methyl sites for hydroxylation is 1. The molecule has 17 heavy (non-hydrogen) atoms. The number of aliphatic carboxylic acids is 1. The van der Waals surface area contributed by atoms with Crippen molar-refractivity contribution in [2.75, 3.05) is 6.54 Å². The van der Waals surface area contributed by atoms with E-state index in [0.29, 0.717) is 6.04 Å². The third-order valence-electron chi connectivity index (χ3n) is 3.50. The monoisotopic (exact) mass is 237 g/mol. The molecule has 0 bridgehead atoms. The number of rotatable bonds is 3. The summed E-state index contributed by atoms with van der Waals surface area (Å²) in [4.78, 5) is 13.2. The first kappa shape index (κ1) is 12.1. The smallest absolute Gasteiger partial charge is 0.306 e. The van der Waals surface area contributed by atoms with Gasteiger partial charge in [-0.3, -0.25) is 14.4 Å². The van der Waals surface area contributed by atoms with Gasteiger partial charge < -0.3 is 5.11 Å². The highest BCUT2D eigenvalue weighted by atomic mass is 16.4. The van der Waals surface area contributed by atoms with Crippen LogP contribution in [0.15, 0.2) is 12.3 Å². The number of hydrogen-bond donors (Lipinski definition) is 1. The van der Waals surface area contributed by atoms with Gasteiger partial charge in [-0.1, -0.05) is 0 Å². The fraction of sp³-hybridized carbons (Fsp3) is 0.667. The number of likely N-dealkylation sites (tertiary alicyclic amines) is 1. The molecule has 2 rings (SSSR count). The summed E-state index contributed by atoms with van der Waals surface area (Å²) in [5, 5.41) is 13.4. The van der Waals surface area contributed by atoms with Gasteiger partial charge in [0.05, 0.1) is 11.6 Å². The van der Waals surface area contributed by atoms with Crippen LogP contribution in [0.4, 0.5) is 0 Å². The van der Waals surface area contributed by atoms with Crippen LogP contribution in [-0.4, -0.2) is 38.3 Å². The Kier molecular flexibility index (Phi) is 3.47. The van der Waals surface area contributed by atoms with Crippen molar-refractivity contribution in [2.45, 2.75) is 32.4 Å². The minimum Gasteiger partial charge on any atom is -0.481 e. The Morgan fingerprint density at radius 3 is 2.94 bits per heavy atom. The second kappa shape index (κ2) is 4.87. The summed E-state index contributed by atoms with van der Waals surface area (Å²) in [6.45, 7) is 3.75. The van der Waals surface area contributed by atoms with Crippen molar-refractivity contribution in [1.82, 2.24) is 14.7 Å². The first-order valence-electron chi connectivity index (χ1n) is 6.01. The molecule has 1 aliphatic heterocycles. The van der Waals surface area contributed by atoms with Gasteiger partial charge >= 0.3 is 5.97 Å². The average molecular weight is 237 g/mol. The Bertz CT molecular complexity index is 402. The lowest BCUT2D eigenvalue weighted by molar-refractivity contribution is -0.144. The molecule has 5 heteroatoms. The molecule has 5 nitrogen and oxygen atoms in total. The van der Waals surface area contributed by atoms with E-state index in [1.54, 1.807) is 4.68 Å². The van der Waals surface area contributed by atoms with Crippen LogP contribution in [0.3, 0.4) is 0 Å². The van der Waals surface area contributed by atoms with E-state index in [-0.39, 0.29) is 5.92 Å². The number of carboxylic acids is 1. The molecule has 1 aromatic rings. The quantitative estimate of drug-likeness (QED) is 0.855. The van der Waals surface area contributed by atoms with Gasteiger partial charge in [0.1, 0.15) is 0 Å². The Morgan fingerprint density at radius 1 is 1.65 bits per heavy atom. The molecule has 0 saturated carbocycles. The third-order valence-corrected chi connectivity index (χ3v) is 3.50. The van der Waals surface area contributed by atoms with Gasteiger partial charge in [0.25, 0.3) is 0 Å². The molecular weight excluding hydrogens is 218 g/mol. The van der Waals surface area contributed by atoms with E-state index in [1.165, 1.54) is 0 Å². The number of carboxylic acid groups (broad SMARTS) is 1. The fourth-order valence-electron chi connectivity index (χ4n) is 2.44. The summed E-state index contributed by atoms with van der Waals surface area (Å²) in [5.74, 6) is -0.834. The molecule has 94 valence electrons. The highest BCUT2D eigenvalue weighted by Crippen LogP contribution is 2.24. The minimum absolute atomic E-state index is 0.176. The van der Waals surface area contributed by atoms with Crippen LogP contribution >= 0.6 is 0 Å². The molecule has 0 aromatic carbocycles. The summed E-state index contributed by atoms with van der Waals surface area (Å²) in [6.07, 6.45) is 3.42. The molecule has 2 heterocycles. The number of aromatic nitrogens is 2. The Morgan fingerprint density at radius 2 is 2.41 bits per heavy atom. The van der Waals surface area contributed by atoms with E-state index in [1.807, 2.05) is 19.3 Å². The molecule has 1 N–H and O–H groups in total. The number of nitrogens with zero attached hydrogens (tertiary/aromatic N) is 3. The lowest BCUT2D eigenvalue weighted by Gasteiger charge is -2.35.